The molecule has 0 bridgehead atoms. The van der Waals surface area contributed by atoms with Crippen LogP contribution in [-0.4, -0.2) is 170 Å². The minimum atomic E-state index is -2.68. The molecule has 0 unspecified atom stereocenters. The minimum Gasteiger partial charge on any atom is -0.465 e. The van der Waals surface area contributed by atoms with Gasteiger partial charge in [0.05, 0.1) is 97.8 Å². The zero-order valence-corrected chi connectivity index (χ0v) is 35.7. The average Bonchev–Trinajstić information content (AvgIpc) is 3.72. The molecule has 1 aliphatic heterocycles. The van der Waals surface area contributed by atoms with Crippen LogP contribution >= 0.6 is 0 Å². The molecule has 0 aliphatic carbocycles. The molecule has 2 amide bonds. The lowest BCUT2D eigenvalue weighted by atomic mass is 9.88. The van der Waals surface area contributed by atoms with Crippen molar-refractivity contribution in [3.05, 3.63) is 47.3 Å². The lowest BCUT2D eigenvalue weighted by Gasteiger charge is -2.47. The van der Waals surface area contributed by atoms with E-state index in [2.05, 4.69) is 20.9 Å². The molecule has 2 aromatic rings. The van der Waals surface area contributed by atoms with E-state index in [0.717, 1.165) is 26.9 Å². The third-order valence-corrected chi connectivity index (χ3v) is 9.50. The van der Waals surface area contributed by atoms with Gasteiger partial charge >= 0.3 is 11.9 Å². The number of amides is 2. The van der Waals surface area contributed by atoms with Gasteiger partial charge in [-0.05, 0) is 18.4 Å². The van der Waals surface area contributed by atoms with Crippen molar-refractivity contribution in [3.8, 4) is 0 Å². The standard InChI is InChI=1S/C40H62F2N6O15/c1-27(50)62-32-22-40(39(55)56-2,61-13-6-4-3-5-12-48-24-30(46-47-48)26-60-20-19-59-18-17-58-16-15-57-14-11-43)63-37(35(32)45-34(53)25-49)36(54)31(51)23-44-33(52)21-28-7-9-29(10-8-28)38(41)42/h7-10,24,31-32,35-38,49,51,54H,3-6,11-23,25-26,43H2,1-2H3,(H,44,52)(H,45,53)/t31-,32+,35-,36-,37-,40-/m1/s1. The first-order valence-corrected chi connectivity index (χ1v) is 20.7. The molecule has 1 aromatic heterocycles. The van der Waals surface area contributed by atoms with Crippen LogP contribution in [0, 0.1) is 0 Å². The Balaban J connectivity index is 1.51. The summed E-state index contributed by atoms with van der Waals surface area (Å²) in [4.78, 5) is 50.7. The molecular formula is C40H62F2N6O15. The van der Waals surface area contributed by atoms with Crippen LogP contribution in [0.3, 0.4) is 0 Å². The third-order valence-electron chi connectivity index (χ3n) is 9.50. The summed E-state index contributed by atoms with van der Waals surface area (Å²) >= 11 is 0. The first-order valence-electron chi connectivity index (χ1n) is 20.7. The summed E-state index contributed by atoms with van der Waals surface area (Å²) in [7, 11) is 1.06. The number of aryl methyl sites for hydroxylation is 1. The summed E-state index contributed by atoms with van der Waals surface area (Å²) in [6, 6.07) is 3.64. The highest BCUT2D eigenvalue weighted by atomic mass is 19.3. The number of halogens is 2. The van der Waals surface area contributed by atoms with Crippen LogP contribution in [0.15, 0.2) is 30.5 Å². The number of carbonyl (C=O) groups excluding carboxylic acids is 4. The van der Waals surface area contributed by atoms with Crippen LogP contribution in [0.2, 0.25) is 0 Å². The minimum absolute atomic E-state index is 0.0684. The Kier molecular flexibility index (Phi) is 24.6. The van der Waals surface area contributed by atoms with Crippen molar-refractivity contribution in [2.75, 3.05) is 79.7 Å². The number of esters is 2. The van der Waals surface area contributed by atoms with E-state index in [0.29, 0.717) is 83.4 Å². The SMILES string of the molecule is COC(=O)[C@@]1(OCCCCCCn2cc(COCCOCCOCCOCCN)nn2)C[C@H](OC(C)=O)[C@@H](NC(=O)CO)[C@H]([C@H](O)[C@H](O)CNC(=O)Cc2ccc(C(F)F)cc2)O1. The molecule has 1 aliphatic rings. The van der Waals surface area contributed by atoms with E-state index in [1.807, 2.05) is 0 Å². The summed E-state index contributed by atoms with van der Waals surface area (Å²) in [5, 5.41) is 45.0. The Labute approximate surface area is 364 Å². The molecule has 63 heavy (non-hydrogen) atoms. The maximum Gasteiger partial charge on any atom is 0.366 e. The molecule has 0 saturated carbocycles. The number of methoxy groups -OCH3 is 1. The number of nitrogens with zero attached hydrogens (tertiary/aromatic N) is 3. The average molecular weight is 905 g/mol. The maximum atomic E-state index is 13.4. The van der Waals surface area contributed by atoms with E-state index >= 15 is 0 Å². The number of hydrogen-bond acceptors (Lipinski definition) is 18. The second-order valence-electron chi connectivity index (χ2n) is 14.4. The summed E-state index contributed by atoms with van der Waals surface area (Å²) in [5.74, 6) is -5.77. The zero-order valence-electron chi connectivity index (χ0n) is 35.7. The third kappa shape index (κ3) is 19.1. The zero-order chi connectivity index (χ0) is 46.0. The number of unbranched alkanes of at least 4 members (excludes halogenated alkanes) is 3. The Hall–Kier alpha value is -4.30. The van der Waals surface area contributed by atoms with Crippen molar-refractivity contribution in [1.82, 2.24) is 25.6 Å². The summed E-state index contributed by atoms with van der Waals surface area (Å²) < 4.78 is 71.8. The fourth-order valence-electron chi connectivity index (χ4n) is 6.39. The van der Waals surface area contributed by atoms with Crippen molar-refractivity contribution in [3.63, 3.8) is 0 Å². The van der Waals surface area contributed by atoms with Gasteiger partial charge in [-0.1, -0.05) is 42.3 Å². The van der Waals surface area contributed by atoms with Crippen LogP contribution in [0.4, 0.5) is 8.78 Å². The first-order chi connectivity index (χ1) is 30.3. The molecule has 356 valence electrons. The summed E-state index contributed by atoms with van der Waals surface area (Å²) in [6.45, 7) is 3.86. The molecule has 0 spiro atoms. The molecule has 3 rings (SSSR count). The number of hydrogen-bond donors (Lipinski definition) is 6. The highest BCUT2D eigenvalue weighted by Crippen LogP contribution is 2.36. The van der Waals surface area contributed by atoms with Crippen LogP contribution < -0.4 is 16.4 Å². The lowest BCUT2D eigenvalue weighted by Crippen LogP contribution is -2.69. The molecule has 6 atom stereocenters. The van der Waals surface area contributed by atoms with E-state index in [-0.39, 0.29) is 25.2 Å². The predicted octanol–water partition coefficient (Wildman–Crippen LogP) is -0.534. The Morgan fingerprint density at radius 3 is 2.21 bits per heavy atom. The summed E-state index contributed by atoms with van der Waals surface area (Å²) in [5.41, 5.74) is 6.20. The topological polar surface area (TPSA) is 284 Å². The molecule has 23 heteroatoms. The van der Waals surface area contributed by atoms with Crippen molar-refractivity contribution < 1.29 is 81.2 Å². The Bertz CT molecular complexity index is 1640. The molecule has 1 saturated heterocycles. The van der Waals surface area contributed by atoms with Crippen LogP contribution in [0.5, 0.6) is 0 Å². The summed E-state index contributed by atoms with van der Waals surface area (Å²) in [6.07, 6.45) is -6.04. The fourth-order valence-corrected chi connectivity index (χ4v) is 6.39. The highest BCUT2D eigenvalue weighted by molar-refractivity contribution is 5.80. The molecule has 21 nitrogen and oxygen atoms in total. The number of rotatable bonds is 32. The van der Waals surface area contributed by atoms with Gasteiger partial charge in [0.1, 0.15) is 30.6 Å². The van der Waals surface area contributed by atoms with Crippen LogP contribution in [-0.2, 0) is 76.6 Å². The normalized spacial score (nSPS) is 19.7. The van der Waals surface area contributed by atoms with E-state index < -0.39 is 86.0 Å². The van der Waals surface area contributed by atoms with Gasteiger partial charge in [0.25, 0.3) is 12.2 Å². The van der Waals surface area contributed by atoms with Crippen LogP contribution in [0.25, 0.3) is 0 Å². The number of benzene rings is 1. The lowest BCUT2D eigenvalue weighted by molar-refractivity contribution is -0.312. The van der Waals surface area contributed by atoms with Crippen molar-refractivity contribution in [2.45, 2.75) is 101 Å². The number of carbonyl (C=O) groups is 4. The smallest absolute Gasteiger partial charge is 0.366 e. The van der Waals surface area contributed by atoms with E-state index in [1.54, 1.807) is 10.9 Å². The molecule has 1 aromatic carbocycles. The number of nitrogens with two attached hydrogens (primary N) is 1. The second kappa shape index (κ2) is 29.2. The molecular weight excluding hydrogens is 842 g/mol. The van der Waals surface area contributed by atoms with E-state index in [1.165, 1.54) is 24.3 Å². The molecule has 0 radical (unpaired) electrons. The highest BCUT2D eigenvalue weighted by Gasteiger charge is 2.57. The van der Waals surface area contributed by atoms with E-state index in [4.69, 9.17) is 43.6 Å². The van der Waals surface area contributed by atoms with Gasteiger partial charge in [-0.3, -0.25) is 19.1 Å². The quantitative estimate of drug-likeness (QED) is 0.0397. The fraction of sp³-hybridized carbons (Fsp3) is 0.700. The molecule has 2 heterocycles. The van der Waals surface area contributed by atoms with Crippen LogP contribution in [0.1, 0.15) is 62.3 Å². The van der Waals surface area contributed by atoms with Gasteiger partial charge in [-0.25, -0.2) is 13.6 Å². The van der Waals surface area contributed by atoms with Crippen molar-refractivity contribution in [2.24, 2.45) is 5.73 Å². The van der Waals surface area contributed by atoms with Crippen molar-refractivity contribution >= 4 is 23.8 Å². The predicted molar refractivity (Wildman–Crippen MR) is 215 cm³/mol. The molecule has 7 N–H and O–H groups in total. The Morgan fingerprint density at radius 2 is 1.59 bits per heavy atom. The first kappa shape index (κ1) is 53.0. The van der Waals surface area contributed by atoms with Gasteiger partial charge in [-0.2, -0.15) is 0 Å². The van der Waals surface area contributed by atoms with Crippen molar-refractivity contribution in [1.29, 1.82) is 0 Å². The van der Waals surface area contributed by atoms with Gasteiger partial charge in [0.15, 0.2) is 0 Å². The number of ether oxygens (including phenoxy) is 8. The Morgan fingerprint density at radius 1 is 0.937 bits per heavy atom. The van der Waals surface area contributed by atoms with Gasteiger partial charge in [-0.15, -0.1) is 5.10 Å². The van der Waals surface area contributed by atoms with Gasteiger partial charge in [0, 0.05) is 32.1 Å². The number of nitrogens with one attached hydrogen (secondary N) is 2. The monoisotopic (exact) mass is 904 g/mol. The van der Waals surface area contributed by atoms with Gasteiger partial charge in [0.2, 0.25) is 11.8 Å². The molecule has 1 fully saturated rings. The largest absolute Gasteiger partial charge is 0.465 e. The number of aliphatic hydroxyl groups is 3. The maximum absolute atomic E-state index is 13.4. The second-order valence-corrected chi connectivity index (χ2v) is 14.4. The van der Waals surface area contributed by atoms with E-state index in [9.17, 15) is 43.3 Å². The van der Waals surface area contributed by atoms with Gasteiger partial charge < -0.3 is 69.6 Å². The number of aromatic nitrogens is 3. The number of alkyl halides is 2. The number of aliphatic hydroxyl groups excluding tert-OH is 3.